The Morgan fingerprint density at radius 2 is 2.00 bits per heavy atom. The molecule has 0 radical (unpaired) electrons. The molecule has 92 valence electrons. The van der Waals surface area contributed by atoms with Crippen LogP contribution in [0.5, 0.6) is 0 Å². The molecule has 0 fully saturated rings. The summed E-state index contributed by atoms with van der Waals surface area (Å²) in [5, 5.41) is 0. The minimum absolute atomic E-state index is 0.0786. The maximum absolute atomic E-state index is 5.74. The average Bonchev–Trinajstić information content (AvgIpc) is 2.85. The van der Waals surface area contributed by atoms with Crippen molar-refractivity contribution in [3.8, 4) is 0 Å². The first-order valence-corrected chi connectivity index (χ1v) is 6.19. The van der Waals surface area contributed by atoms with E-state index in [-0.39, 0.29) is 6.04 Å². The van der Waals surface area contributed by atoms with Gasteiger partial charge in [-0.1, -0.05) is 24.3 Å². The number of benzene rings is 1. The zero-order valence-electron chi connectivity index (χ0n) is 10.1. The summed E-state index contributed by atoms with van der Waals surface area (Å²) in [5.74, 6) is 6.14. The summed E-state index contributed by atoms with van der Waals surface area (Å²) in [6.07, 6.45) is 7.44. The van der Waals surface area contributed by atoms with Crippen molar-refractivity contribution >= 4 is 0 Å². The topological polar surface area (TPSA) is 63.8 Å². The summed E-state index contributed by atoms with van der Waals surface area (Å²) in [5.41, 5.74) is 6.79. The van der Waals surface area contributed by atoms with E-state index in [9.17, 15) is 0 Å². The van der Waals surface area contributed by atoms with Gasteiger partial charge in [-0.2, -0.15) is 0 Å². The van der Waals surface area contributed by atoms with E-state index in [1.165, 1.54) is 11.1 Å². The van der Waals surface area contributed by atoms with E-state index in [4.69, 9.17) is 5.84 Å². The van der Waals surface area contributed by atoms with Crippen molar-refractivity contribution in [1.82, 2.24) is 15.4 Å². The Morgan fingerprint density at radius 3 is 2.78 bits per heavy atom. The van der Waals surface area contributed by atoms with Crippen molar-refractivity contribution in [2.45, 2.75) is 24.8 Å². The van der Waals surface area contributed by atoms with Gasteiger partial charge in [-0.25, -0.2) is 9.97 Å². The molecule has 2 unspecified atom stereocenters. The van der Waals surface area contributed by atoms with E-state index in [0.29, 0.717) is 5.92 Å². The lowest BCUT2D eigenvalue weighted by Crippen LogP contribution is -2.32. The summed E-state index contributed by atoms with van der Waals surface area (Å²) in [4.78, 5) is 8.15. The predicted molar refractivity (Wildman–Crippen MR) is 69.6 cm³/mol. The fraction of sp³-hybridized carbons (Fsp3) is 0.286. The third-order valence-corrected chi connectivity index (χ3v) is 3.70. The second-order valence-corrected chi connectivity index (χ2v) is 4.66. The highest BCUT2D eigenvalue weighted by Crippen LogP contribution is 2.40. The van der Waals surface area contributed by atoms with Gasteiger partial charge in [0.25, 0.3) is 0 Å². The Hall–Kier alpha value is -1.78. The Bertz CT molecular complexity index is 526. The van der Waals surface area contributed by atoms with Crippen LogP contribution in [0, 0.1) is 0 Å². The van der Waals surface area contributed by atoms with Crippen molar-refractivity contribution in [1.29, 1.82) is 0 Å². The lowest BCUT2D eigenvalue weighted by molar-refractivity contribution is 0.450. The molecule has 2 atom stereocenters. The summed E-state index contributed by atoms with van der Waals surface area (Å²) in [6, 6.07) is 8.66. The number of aryl methyl sites for hydroxylation is 1. The highest BCUT2D eigenvalue weighted by molar-refractivity contribution is 5.37. The molecule has 0 bridgehead atoms. The summed E-state index contributed by atoms with van der Waals surface area (Å²) in [7, 11) is 0. The van der Waals surface area contributed by atoms with Crippen LogP contribution in [0.4, 0.5) is 0 Å². The molecule has 1 aliphatic carbocycles. The number of hydrogen-bond acceptors (Lipinski definition) is 4. The molecular weight excluding hydrogens is 224 g/mol. The van der Waals surface area contributed by atoms with Gasteiger partial charge >= 0.3 is 0 Å². The first-order chi connectivity index (χ1) is 8.90. The van der Waals surface area contributed by atoms with Crippen LogP contribution < -0.4 is 11.3 Å². The fourth-order valence-corrected chi connectivity index (χ4v) is 2.85. The SMILES string of the molecule is NNC(c1cncnc1)C1CCc2ccccc21. The molecule has 4 nitrogen and oxygen atoms in total. The molecule has 0 aliphatic heterocycles. The van der Waals surface area contributed by atoms with Gasteiger partial charge in [0.1, 0.15) is 6.33 Å². The van der Waals surface area contributed by atoms with Gasteiger partial charge in [-0.3, -0.25) is 11.3 Å². The molecule has 0 amide bonds. The Morgan fingerprint density at radius 1 is 1.22 bits per heavy atom. The smallest absolute Gasteiger partial charge is 0.115 e. The first-order valence-electron chi connectivity index (χ1n) is 6.19. The van der Waals surface area contributed by atoms with Gasteiger partial charge in [-0.05, 0) is 24.0 Å². The summed E-state index contributed by atoms with van der Waals surface area (Å²) in [6.45, 7) is 0. The van der Waals surface area contributed by atoms with Crippen LogP contribution >= 0.6 is 0 Å². The quantitative estimate of drug-likeness (QED) is 0.633. The zero-order chi connectivity index (χ0) is 12.4. The highest BCUT2D eigenvalue weighted by Gasteiger charge is 2.30. The lowest BCUT2D eigenvalue weighted by Gasteiger charge is -2.23. The number of hydrogen-bond donors (Lipinski definition) is 2. The van der Waals surface area contributed by atoms with Gasteiger partial charge in [0.05, 0.1) is 6.04 Å². The molecule has 0 saturated heterocycles. The van der Waals surface area contributed by atoms with Crippen LogP contribution in [0.25, 0.3) is 0 Å². The maximum atomic E-state index is 5.74. The van der Waals surface area contributed by atoms with E-state index in [1.807, 2.05) is 12.4 Å². The number of aromatic nitrogens is 2. The molecular formula is C14H16N4. The molecule has 2 aromatic rings. The van der Waals surface area contributed by atoms with Crippen molar-refractivity contribution in [2.24, 2.45) is 5.84 Å². The Kier molecular flexibility index (Phi) is 3.04. The minimum atomic E-state index is 0.0786. The third-order valence-electron chi connectivity index (χ3n) is 3.70. The number of hydrazine groups is 1. The second kappa shape index (κ2) is 4.84. The lowest BCUT2D eigenvalue weighted by atomic mass is 9.90. The molecule has 1 aromatic heterocycles. The maximum Gasteiger partial charge on any atom is 0.115 e. The van der Waals surface area contributed by atoms with Gasteiger partial charge < -0.3 is 0 Å². The fourth-order valence-electron chi connectivity index (χ4n) is 2.85. The van der Waals surface area contributed by atoms with E-state index < -0.39 is 0 Å². The zero-order valence-corrected chi connectivity index (χ0v) is 10.1. The number of nitrogens with zero attached hydrogens (tertiary/aromatic N) is 2. The second-order valence-electron chi connectivity index (χ2n) is 4.66. The van der Waals surface area contributed by atoms with Crippen LogP contribution in [-0.2, 0) is 6.42 Å². The third kappa shape index (κ3) is 1.89. The molecule has 1 aliphatic rings. The van der Waals surface area contributed by atoms with Crippen molar-refractivity contribution in [2.75, 3.05) is 0 Å². The van der Waals surface area contributed by atoms with E-state index in [2.05, 4.69) is 39.7 Å². The monoisotopic (exact) mass is 240 g/mol. The van der Waals surface area contributed by atoms with Crippen molar-refractivity contribution < 1.29 is 0 Å². The van der Waals surface area contributed by atoms with Gasteiger partial charge in [-0.15, -0.1) is 0 Å². The largest absolute Gasteiger partial charge is 0.271 e. The minimum Gasteiger partial charge on any atom is -0.271 e. The van der Waals surface area contributed by atoms with Gasteiger partial charge in [0.15, 0.2) is 0 Å². The van der Waals surface area contributed by atoms with E-state index in [0.717, 1.165) is 18.4 Å². The first kappa shape index (κ1) is 11.3. The van der Waals surface area contributed by atoms with E-state index in [1.54, 1.807) is 6.33 Å². The molecule has 3 rings (SSSR count). The summed E-state index contributed by atoms with van der Waals surface area (Å²) >= 11 is 0. The van der Waals surface area contributed by atoms with Crippen LogP contribution in [0.3, 0.4) is 0 Å². The van der Waals surface area contributed by atoms with Gasteiger partial charge in [0.2, 0.25) is 0 Å². The normalized spacial score (nSPS) is 19.5. The van der Waals surface area contributed by atoms with Crippen LogP contribution in [0.2, 0.25) is 0 Å². The number of fused-ring (bicyclic) bond motifs is 1. The van der Waals surface area contributed by atoms with Crippen molar-refractivity contribution in [3.05, 3.63) is 59.7 Å². The predicted octanol–water partition coefficient (Wildman–Crippen LogP) is 1.71. The standard InChI is InChI=1S/C14H16N4/c15-18-14(11-7-16-9-17-8-11)13-6-5-10-3-1-2-4-12(10)13/h1-4,7-9,13-14,18H,5-6,15H2. The summed E-state index contributed by atoms with van der Waals surface area (Å²) < 4.78 is 0. The Balaban J connectivity index is 1.95. The average molecular weight is 240 g/mol. The van der Waals surface area contributed by atoms with Crippen LogP contribution in [-0.4, -0.2) is 9.97 Å². The van der Waals surface area contributed by atoms with E-state index >= 15 is 0 Å². The number of nitrogens with one attached hydrogen (secondary N) is 1. The number of nitrogens with two attached hydrogens (primary N) is 1. The molecule has 18 heavy (non-hydrogen) atoms. The highest BCUT2D eigenvalue weighted by atomic mass is 15.2. The molecule has 3 N–H and O–H groups in total. The molecule has 1 heterocycles. The molecule has 0 saturated carbocycles. The molecule has 4 heteroatoms. The van der Waals surface area contributed by atoms with Crippen LogP contribution in [0.1, 0.15) is 35.1 Å². The molecule has 1 aromatic carbocycles. The van der Waals surface area contributed by atoms with Gasteiger partial charge in [0, 0.05) is 23.9 Å². The molecule has 0 spiro atoms. The Labute approximate surface area is 106 Å². The van der Waals surface area contributed by atoms with Crippen molar-refractivity contribution in [3.63, 3.8) is 0 Å². The van der Waals surface area contributed by atoms with Crippen LogP contribution in [0.15, 0.2) is 43.0 Å². The number of rotatable bonds is 3.